The van der Waals surface area contributed by atoms with Crippen LogP contribution in [0.25, 0.3) is 5.69 Å². The molecule has 2 aromatic carbocycles. The lowest BCUT2D eigenvalue weighted by molar-refractivity contribution is -0.122. The van der Waals surface area contributed by atoms with Crippen LogP contribution >= 0.6 is 11.6 Å². The van der Waals surface area contributed by atoms with Gasteiger partial charge in [0.25, 0.3) is 0 Å². The van der Waals surface area contributed by atoms with Gasteiger partial charge in [0.05, 0.1) is 12.0 Å². The van der Waals surface area contributed by atoms with Crippen molar-refractivity contribution in [1.29, 1.82) is 0 Å². The highest BCUT2D eigenvalue weighted by atomic mass is 35.5. The maximum atomic E-state index is 12.5. The quantitative estimate of drug-likeness (QED) is 0.756. The van der Waals surface area contributed by atoms with Crippen LogP contribution in [0.15, 0.2) is 67.3 Å². The van der Waals surface area contributed by atoms with Crippen LogP contribution in [0.2, 0.25) is 5.02 Å². The van der Waals surface area contributed by atoms with Gasteiger partial charge in [0, 0.05) is 29.9 Å². The van der Waals surface area contributed by atoms with E-state index in [1.54, 1.807) is 12.5 Å². The van der Waals surface area contributed by atoms with Crippen molar-refractivity contribution in [3.63, 3.8) is 0 Å². The van der Waals surface area contributed by atoms with Crippen LogP contribution < -0.4 is 5.32 Å². The number of nitrogens with one attached hydrogen (secondary N) is 1. The molecule has 0 aliphatic heterocycles. The molecule has 4 nitrogen and oxygen atoms in total. The van der Waals surface area contributed by atoms with Gasteiger partial charge in [-0.1, -0.05) is 41.9 Å². The normalized spacial score (nSPS) is 18.8. The largest absolute Gasteiger partial charge is 0.352 e. The van der Waals surface area contributed by atoms with Crippen molar-refractivity contribution in [3.05, 3.63) is 83.4 Å². The molecule has 25 heavy (non-hydrogen) atoms. The Morgan fingerprint density at radius 2 is 2.12 bits per heavy atom. The van der Waals surface area contributed by atoms with E-state index in [1.807, 2.05) is 59.3 Å². The second-order valence-electron chi connectivity index (χ2n) is 6.32. The van der Waals surface area contributed by atoms with Gasteiger partial charge in [0.2, 0.25) is 5.91 Å². The van der Waals surface area contributed by atoms with E-state index in [2.05, 4.69) is 10.3 Å². The van der Waals surface area contributed by atoms with Gasteiger partial charge in [-0.15, -0.1) is 0 Å². The van der Waals surface area contributed by atoms with E-state index < -0.39 is 0 Å². The Hall–Kier alpha value is -2.59. The molecular formula is C20H18ClN3O. The van der Waals surface area contributed by atoms with Gasteiger partial charge in [-0.25, -0.2) is 4.98 Å². The van der Waals surface area contributed by atoms with E-state index >= 15 is 0 Å². The van der Waals surface area contributed by atoms with Crippen LogP contribution in [-0.4, -0.2) is 15.5 Å². The number of para-hydroxylation sites is 1. The third kappa shape index (κ3) is 3.44. The van der Waals surface area contributed by atoms with E-state index in [-0.39, 0.29) is 17.7 Å². The number of aromatic nitrogens is 2. The fourth-order valence-corrected chi connectivity index (χ4v) is 3.42. The zero-order chi connectivity index (χ0) is 17.2. The summed E-state index contributed by atoms with van der Waals surface area (Å²) in [7, 11) is 0. The first-order chi connectivity index (χ1) is 12.2. The molecule has 1 aliphatic rings. The number of carbonyl (C=O) groups excluding carboxylic acids is 1. The first kappa shape index (κ1) is 15.9. The minimum Gasteiger partial charge on any atom is -0.352 e. The summed E-state index contributed by atoms with van der Waals surface area (Å²) in [4.78, 5) is 16.6. The van der Waals surface area contributed by atoms with Crippen LogP contribution in [0, 0.1) is 5.92 Å². The minimum atomic E-state index is 0.0406. The average molecular weight is 352 g/mol. The summed E-state index contributed by atoms with van der Waals surface area (Å²) in [6.07, 6.45) is 6.29. The number of halogens is 1. The predicted molar refractivity (Wildman–Crippen MR) is 97.7 cm³/mol. The summed E-state index contributed by atoms with van der Waals surface area (Å²) in [5.74, 6) is 0.423. The Morgan fingerprint density at radius 1 is 1.24 bits per heavy atom. The lowest BCUT2D eigenvalue weighted by Gasteiger charge is -2.11. The van der Waals surface area contributed by atoms with Crippen LogP contribution in [0.1, 0.15) is 23.5 Å². The molecule has 2 unspecified atom stereocenters. The number of hydrogen-bond acceptors (Lipinski definition) is 2. The zero-order valence-corrected chi connectivity index (χ0v) is 14.4. The van der Waals surface area contributed by atoms with Gasteiger partial charge < -0.3 is 9.88 Å². The summed E-state index contributed by atoms with van der Waals surface area (Å²) in [6.45, 7) is 0.506. The van der Waals surface area contributed by atoms with E-state index in [1.165, 1.54) is 0 Å². The number of nitrogens with zero attached hydrogens (tertiary/aromatic N) is 2. The maximum absolute atomic E-state index is 12.5. The molecule has 0 spiro atoms. The van der Waals surface area contributed by atoms with Crippen molar-refractivity contribution >= 4 is 17.5 Å². The molecule has 4 rings (SSSR count). The smallest absolute Gasteiger partial charge is 0.224 e. The number of benzene rings is 2. The first-order valence-corrected chi connectivity index (χ1v) is 8.69. The van der Waals surface area contributed by atoms with Crippen LogP contribution in [0.3, 0.4) is 0 Å². The van der Waals surface area contributed by atoms with Crippen molar-refractivity contribution in [1.82, 2.24) is 14.9 Å². The van der Waals surface area contributed by atoms with E-state index in [0.29, 0.717) is 6.54 Å². The Labute approximate surface area is 151 Å². The molecule has 5 heteroatoms. The Bertz CT molecular complexity index is 891. The molecule has 0 bridgehead atoms. The predicted octanol–water partition coefficient (Wildman–Crippen LogP) is 3.95. The summed E-state index contributed by atoms with van der Waals surface area (Å²) in [5.41, 5.74) is 3.24. The SMILES string of the molecule is O=C(NCc1ccccc1-n1ccnc1)C1CC1c1cccc(Cl)c1. The number of rotatable bonds is 5. The summed E-state index contributed by atoms with van der Waals surface area (Å²) in [6, 6.07) is 15.8. The summed E-state index contributed by atoms with van der Waals surface area (Å²) < 4.78 is 1.95. The molecule has 0 saturated heterocycles. The average Bonchev–Trinajstić information content (AvgIpc) is 3.25. The number of imidazole rings is 1. The fourth-order valence-electron chi connectivity index (χ4n) is 3.22. The lowest BCUT2D eigenvalue weighted by atomic mass is 10.1. The molecule has 1 aliphatic carbocycles. The van der Waals surface area contributed by atoms with Crippen LogP contribution in [0.4, 0.5) is 0 Å². The molecule has 3 aromatic rings. The highest BCUT2D eigenvalue weighted by Gasteiger charge is 2.43. The van der Waals surface area contributed by atoms with Crippen molar-refractivity contribution in [2.24, 2.45) is 5.92 Å². The highest BCUT2D eigenvalue weighted by molar-refractivity contribution is 6.30. The van der Waals surface area contributed by atoms with Gasteiger partial charge in [-0.2, -0.15) is 0 Å². The molecule has 1 amide bonds. The van der Waals surface area contributed by atoms with Gasteiger partial charge in [0.15, 0.2) is 0 Å². The minimum absolute atomic E-state index is 0.0406. The molecule has 126 valence electrons. The lowest BCUT2D eigenvalue weighted by Crippen LogP contribution is -2.25. The summed E-state index contributed by atoms with van der Waals surface area (Å²) >= 11 is 6.04. The fraction of sp³-hybridized carbons (Fsp3) is 0.200. The van der Waals surface area contributed by atoms with E-state index in [4.69, 9.17) is 11.6 Å². The molecule has 1 fully saturated rings. The van der Waals surface area contributed by atoms with E-state index in [9.17, 15) is 4.79 Å². The zero-order valence-electron chi connectivity index (χ0n) is 13.6. The van der Waals surface area contributed by atoms with Gasteiger partial charge in [-0.05, 0) is 41.7 Å². The molecule has 2 atom stereocenters. The van der Waals surface area contributed by atoms with Crippen molar-refractivity contribution in [2.75, 3.05) is 0 Å². The van der Waals surface area contributed by atoms with Crippen LogP contribution in [-0.2, 0) is 11.3 Å². The number of carbonyl (C=O) groups is 1. The monoisotopic (exact) mass is 351 g/mol. The standard InChI is InChI=1S/C20H18ClN3O/c21-16-6-3-5-14(10-16)17-11-18(17)20(25)23-12-15-4-1-2-7-19(15)24-9-8-22-13-24/h1-10,13,17-18H,11-12H2,(H,23,25). The Kier molecular flexibility index (Phi) is 4.28. The van der Waals surface area contributed by atoms with Crippen molar-refractivity contribution in [2.45, 2.75) is 18.9 Å². The first-order valence-electron chi connectivity index (χ1n) is 8.32. The van der Waals surface area contributed by atoms with Crippen molar-refractivity contribution in [3.8, 4) is 5.69 Å². The van der Waals surface area contributed by atoms with Gasteiger partial charge in [-0.3, -0.25) is 4.79 Å². The van der Waals surface area contributed by atoms with Crippen molar-refractivity contribution < 1.29 is 4.79 Å². The second-order valence-corrected chi connectivity index (χ2v) is 6.76. The third-order valence-electron chi connectivity index (χ3n) is 4.63. The number of amides is 1. The molecule has 1 saturated carbocycles. The number of hydrogen-bond donors (Lipinski definition) is 1. The summed E-state index contributed by atoms with van der Waals surface area (Å²) in [5, 5.41) is 3.79. The second kappa shape index (κ2) is 6.73. The van der Waals surface area contributed by atoms with Gasteiger partial charge >= 0.3 is 0 Å². The molecule has 1 heterocycles. The maximum Gasteiger partial charge on any atom is 0.224 e. The highest BCUT2D eigenvalue weighted by Crippen LogP contribution is 2.47. The topological polar surface area (TPSA) is 46.9 Å². The van der Waals surface area contributed by atoms with E-state index in [0.717, 1.165) is 28.3 Å². The molecule has 0 radical (unpaired) electrons. The molecule has 1 N–H and O–H groups in total. The Morgan fingerprint density at radius 3 is 2.92 bits per heavy atom. The third-order valence-corrected chi connectivity index (χ3v) is 4.87. The molecular weight excluding hydrogens is 334 g/mol. The van der Waals surface area contributed by atoms with Gasteiger partial charge in [0.1, 0.15) is 0 Å². The Balaban J connectivity index is 1.41. The van der Waals surface area contributed by atoms with Crippen LogP contribution in [0.5, 0.6) is 0 Å². The molecule has 1 aromatic heterocycles.